The summed E-state index contributed by atoms with van der Waals surface area (Å²) in [4.78, 5) is 14.3. The normalized spacial score (nSPS) is 17.9. The average molecular weight is 419 g/mol. The first-order valence-electron chi connectivity index (χ1n) is 9.25. The number of hydrogen-bond acceptors (Lipinski definition) is 5. The first-order chi connectivity index (χ1) is 14.2. The number of hydrogen-bond donors (Lipinski definition) is 3. The lowest BCUT2D eigenvalue weighted by atomic mass is 9.96. The van der Waals surface area contributed by atoms with Crippen LogP contribution in [0.15, 0.2) is 42.0 Å². The van der Waals surface area contributed by atoms with Crippen LogP contribution in [0.1, 0.15) is 12.5 Å². The van der Waals surface area contributed by atoms with E-state index in [0.29, 0.717) is 11.4 Å². The number of halogens is 3. The molecular weight excluding hydrogens is 399 g/mol. The van der Waals surface area contributed by atoms with Gasteiger partial charge >= 0.3 is 6.18 Å². The van der Waals surface area contributed by atoms with Crippen molar-refractivity contribution < 1.29 is 28.2 Å². The van der Waals surface area contributed by atoms with Gasteiger partial charge in [-0.15, -0.1) is 0 Å². The molecule has 3 rings (SSSR count). The minimum absolute atomic E-state index is 0.308. The molecule has 30 heavy (non-hydrogen) atoms. The van der Waals surface area contributed by atoms with Crippen molar-refractivity contribution >= 4 is 27.9 Å². The SMILES string of the molecule is CC1CN1c1ccc2cc(/C(=C(\C#N)C(=O)NCC(O)CO)C(F)(F)F)ccc2c1. The van der Waals surface area contributed by atoms with Crippen LogP contribution in [0.2, 0.25) is 0 Å². The molecule has 1 fully saturated rings. The summed E-state index contributed by atoms with van der Waals surface area (Å²) in [7, 11) is 0. The molecule has 0 bridgehead atoms. The van der Waals surface area contributed by atoms with Gasteiger partial charge in [-0.2, -0.15) is 18.4 Å². The van der Waals surface area contributed by atoms with E-state index in [1.807, 2.05) is 17.4 Å². The van der Waals surface area contributed by atoms with Gasteiger partial charge in [0.1, 0.15) is 11.6 Å². The van der Waals surface area contributed by atoms with E-state index in [-0.39, 0.29) is 5.56 Å². The molecule has 2 atom stereocenters. The maximum absolute atomic E-state index is 13.8. The molecule has 3 N–H and O–H groups in total. The van der Waals surface area contributed by atoms with Gasteiger partial charge in [0, 0.05) is 24.8 Å². The Morgan fingerprint density at radius 1 is 1.30 bits per heavy atom. The van der Waals surface area contributed by atoms with Gasteiger partial charge in [0.2, 0.25) is 0 Å². The molecule has 0 aliphatic carbocycles. The van der Waals surface area contributed by atoms with Crippen LogP contribution >= 0.6 is 0 Å². The number of anilines is 1. The lowest BCUT2D eigenvalue weighted by Crippen LogP contribution is -2.35. The first-order valence-corrected chi connectivity index (χ1v) is 9.25. The maximum atomic E-state index is 13.8. The number of benzene rings is 2. The van der Waals surface area contributed by atoms with Crippen LogP contribution in [0.3, 0.4) is 0 Å². The zero-order valence-electron chi connectivity index (χ0n) is 16.1. The second kappa shape index (κ2) is 8.34. The highest BCUT2D eigenvalue weighted by Crippen LogP contribution is 2.38. The molecule has 2 aromatic carbocycles. The van der Waals surface area contributed by atoms with E-state index in [4.69, 9.17) is 5.11 Å². The summed E-state index contributed by atoms with van der Waals surface area (Å²) >= 11 is 0. The second-order valence-electron chi connectivity index (χ2n) is 7.15. The molecule has 1 saturated heterocycles. The fraction of sp³-hybridized carbons (Fsp3) is 0.333. The Labute approximate surface area is 170 Å². The van der Waals surface area contributed by atoms with E-state index >= 15 is 0 Å². The smallest absolute Gasteiger partial charge is 0.394 e. The van der Waals surface area contributed by atoms with Crippen molar-refractivity contribution in [2.75, 3.05) is 24.6 Å². The summed E-state index contributed by atoms with van der Waals surface area (Å²) < 4.78 is 41.4. The number of nitrogens with zero attached hydrogens (tertiary/aromatic N) is 2. The summed E-state index contributed by atoms with van der Waals surface area (Å²) in [6.07, 6.45) is -6.30. The highest BCUT2D eigenvalue weighted by atomic mass is 19.4. The Balaban J connectivity index is 2.02. The molecule has 1 aliphatic heterocycles. The predicted molar refractivity (Wildman–Crippen MR) is 105 cm³/mol. The number of nitrogens with one attached hydrogen (secondary N) is 1. The summed E-state index contributed by atoms with van der Waals surface area (Å²) in [6, 6.07) is 11.2. The van der Waals surface area contributed by atoms with Crippen molar-refractivity contribution in [2.45, 2.75) is 25.2 Å². The van der Waals surface area contributed by atoms with Crippen LogP contribution in [0, 0.1) is 11.3 Å². The Morgan fingerprint density at radius 2 is 1.93 bits per heavy atom. The van der Waals surface area contributed by atoms with Gasteiger partial charge in [-0.25, -0.2) is 0 Å². The molecule has 9 heteroatoms. The molecule has 2 unspecified atom stereocenters. The monoisotopic (exact) mass is 419 g/mol. The number of aliphatic hydroxyl groups is 2. The molecule has 6 nitrogen and oxygen atoms in total. The van der Waals surface area contributed by atoms with Crippen LogP contribution < -0.4 is 10.2 Å². The third kappa shape index (κ3) is 4.56. The van der Waals surface area contributed by atoms with E-state index in [1.54, 1.807) is 6.07 Å². The topological polar surface area (TPSA) is 96.4 Å². The number of amides is 1. The van der Waals surface area contributed by atoms with Gasteiger partial charge < -0.3 is 20.4 Å². The van der Waals surface area contributed by atoms with Gasteiger partial charge in [-0.05, 0) is 41.5 Å². The molecule has 0 aromatic heterocycles. The van der Waals surface area contributed by atoms with E-state index in [0.717, 1.165) is 17.6 Å². The first kappa shape index (κ1) is 21.6. The van der Waals surface area contributed by atoms with Crippen molar-refractivity contribution in [1.29, 1.82) is 5.26 Å². The summed E-state index contributed by atoms with van der Waals surface area (Å²) in [5.41, 5.74) is -1.79. The number of alkyl halides is 3. The van der Waals surface area contributed by atoms with Crippen LogP contribution in [-0.4, -0.2) is 54.1 Å². The fourth-order valence-electron chi connectivity index (χ4n) is 3.20. The summed E-state index contributed by atoms with van der Waals surface area (Å²) in [5, 5.41) is 30.7. The summed E-state index contributed by atoms with van der Waals surface area (Å²) in [6.45, 7) is 1.83. The number of carbonyl (C=O) groups is 1. The third-order valence-corrected chi connectivity index (χ3v) is 4.88. The standard InChI is InChI=1S/C21H20F3N3O3/c1-12-10-27(12)16-5-4-13-6-15(3-2-14(13)7-16)19(21(22,23)24)18(8-25)20(30)26-9-17(29)11-28/h2-7,12,17,28-29H,9-11H2,1H3,(H,26,30)/b19-18-. The van der Waals surface area contributed by atoms with Gasteiger partial charge in [-0.3, -0.25) is 4.79 Å². The zero-order valence-corrected chi connectivity index (χ0v) is 16.1. The molecular formula is C21H20F3N3O3. The number of allylic oxidation sites excluding steroid dienone is 1. The molecule has 158 valence electrons. The van der Waals surface area contributed by atoms with E-state index in [2.05, 4.69) is 11.8 Å². The number of rotatable bonds is 6. The molecule has 2 aromatic rings. The number of fused-ring (bicyclic) bond motifs is 1. The Bertz CT molecular complexity index is 1040. The largest absolute Gasteiger partial charge is 0.418 e. The molecule has 0 spiro atoms. The maximum Gasteiger partial charge on any atom is 0.418 e. The van der Waals surface area contributed by atoms with Crippen molar-refractivity contribution in [3.63, 3.8) is 0 Å². The van der Waals surface area contributed by atoms with E-state index in [9.17, 15) is 28.3 Å². The fourth-order valence-corrected chi connectivity index (χ4v) is 3.20. The number of carbonyl (C=O) groups excluding carboxylic acids is 1. The molecule has 1 amide bonds. The lowest BCUT2D eigenvalue weighted by molar-refractivity contribution is -0.118. The quantitative estimate of drug-likeness (QED) is 0.380. The Kier molecular flexibility index (Phi) is 6.01. The minimum atomic E-state index is -4.96. The summed E-state index contributed by atoms with van der Waals surface area (Å²) in [5.74, 6) is -1.27. The highest BCUT2D eigenvalue weighted by molar-refractivity contribution is 6.06. The van der Waals surface area contributed by atoms with Crippen LogP contribution in [0.5, 0.6) is 0 Å². The van der Waals surface area contributed by atoms with Crippen molar-refractivity contribution in [1.82, 2.24) is 5.32 Å². The number of aliphatic hydroxyl groups excluding tert-OH is 2. The van der Waals surface area contributed by atoms with Gasteiger partial charge in [0.15, 0.2) is 0 Å². The molecule has 0 radical (unpaired) electrons. The Hall–Kier alpha value is -3.09. The number of nitriles is 1. The van der Waals surface area contributed by atoms with Crippen molar-refractivity contribution in [3.05, 3.63) is 47.5 Å². The van der Waals surface area contributed by atoms with Crippen LogP contribution in [-0.2, 0) is 4.79 Å². The Morgan fingerprint density at radius 3 is 2.50 bits per heavy atom. The molecule has 1 aliphatic rings. The second-order valence-corrected chi connectivity index (χ2v) is 7.15. The van der Waals surface area contributed by atoms with Crippen molar-refractivity contribution in [2.24, 2.45) is 0 Å². The minimum Gasteiger partial charge on any atom is -0.394 e. The lowest BCUT2D eigenvalue weighted by Gasteiger charge is -2.16. The van der Waals surface area contributed by atoms with Crippen molar-refractivity contribution in [3.8, 4) is 6.07 Å². The highest BCUT2D eigenvalue weighted by Gasteiger charge is 2.39. The van der Waals surface area contributed by atoms with E-state index in [1.165, 1.54) is 24.3 Å². The zero-order chi connectivity index (χ0) is 22.1. The third-order valence-electron chi connectivity index (χ3n) is 4.88. The van der Waals surface area contributed by atoms with Gasteiger partial charge in [0.05, 0.1) is 18.3 Å². The van der Waals surface area contributed by atoms with Gasteiger partial charge in [0.25, 0.3) is 5.91 Å². The molecule has 1 heterocycles. The van der Waals surface area contributed by atoms with Crippen LogP contribution in [0.25, 0.3) is 16.3 Å². The van der Waals surface area contributed by atoms with E-state index < -0.39 is 42.5 Å². The average Bonchev–Trinajstić information content (AvgIpc) is 3.44. The predicted octanol–water partition coefficient (Wildman–Crippen LogP) is 2.36. The van der Waals surface area contributed by atoms with Gasteiger partial charge in [-0.1, -0.05) is 18.2 Å². The van der Waals surface area contributed by atoms with Crippen LogP contribution in [0.4, 0.5) is 18.9 Å². The molecule has 0 saturated carbocycles.